The minimum atomic E-state index is -1.18. The van der Waals surface area contributed by atoms with Crippen LogP contribution in [0.15, 0.2) is 18.2 Å². The number of primary amides is 1. The van der Waals surface area contributed by atoms with E-state index in [9.17, 15) is 19.2 Å². The number of carbonyl (C=O) groups excluding carboxylic acids is 3. The summed E-state index contributed by atoms with van der Waals surface area (Å²) in [5.41, 5.74) is 5.86. The fourth-order valence-corrected chi connectivity index (χ4v) is 2.48. The van der Waals surface area contributed by atoms with E-state index in [1.54, 1.807) is 33.0 Å². The van der Waals surface area contributed by atoms with Gasteiger partial charge < -0.3 is 36.3 Å². The Kier molecular flexibility index (Phi) is 10.8. The molecule has 1 aromatic rings. The highest BCUT2D eigenvalue weighted by Crippen LogP contribution is 2.27. The van der Waals surface area contributed by atoms with E-state index in [2.05, 4.69) is 16.0 Å². The number of esters is 1. The summed E-state index contributed by atoms with van der Waals surface area (Å²) >= 11 is 0. The molecule has 0 aliphatic heterocycles. The molecule has 3 amide bonds. The lowest BCUT2D eigenvalue weighted by atomic mass is 10.1. The summed E-state index contributed by atoms with van der Waals surface area (Å²) in [6.45, 7) is 3.14. The Morgan fingerprint density at radius 1 is 1.19 bits per heavy atom. The molecule has 1 rings (SSSR count). The predicted molar refractivity (Wildman–Crippen MR) is 113 cm³/mol. The second-order valence-electron chi connectivity index (χ2n) is 7.04. The molecule has 0 fully saturated rings. The molecule has 0 aromatic heterocycles. The molecule has 0 heterocycles. The van der Waals surface area contributed by atoms with Crippen molar-refractivity contribution in [2.24, 2.45) is 11.7 Å². The van der Waals surface area contributed by atoms with Crippen LogP contribution in [-0.4, -0.2) is 55.2 Å². The number of nitrogens with one attached hydrogen (secondary N) is 3. The van der Waals surface area contributed by atoms with Crippen LogP contribution in [0.4, 0.5) is 10.5 Å². The first kappa shape index (κ1) is 25.7. The van der Waals surface area contributed by atoms with Gasteiger partial charge in [0, 0.05) is 6.54 Å². The highest BCUT2D eigenvalue weighted by Gasteiger charge is 2.19. The second-order valence-corrected chi connectivity index (χ2v) is 7.04. The number of anilines is 1. The molecule has 0 aliphatic rings. The molecule has 1 unspecified atom stereocenters. The number of nitrogens with two attached hydrogens (primary N) is 1. The fraction of sp³-hybridized carbons (Fsp3) is 0.500. The molecule has 1 aromatic carbocycles. The fourth-order valence-electron chi connectivity index (χ4n) is 2.48. The topological polar surface area (TPSA) is 169 Å². The largest absolute Gasteiger partial charge is 0.480 e. The van der Waals surface area contributed by atoms with Crippen molar-refractivity contribution in [2.45, 2.75) is 39.3 Å². The molecule has 1 atom stereocenters. The molecule has 0 saturated carbocycles. The zero-order chi connectivity index (χ0) is 23.4. The number of aliphatic carboxylic acids is 1. The van der Waals surface area contributed by atoms with Gasteiger partial charge in [0.25, 0.3) is 0 Å². The third-order valence-electron chi connectivity index (χ3n) is 4.14. The standard InChI is InChI=1S/C20H30N4O7/c1-12(2)19(28)31-10-13-6-7-14(16(9-13)30-11-17(25)26)24-18(27)15(22-3)5-4-8-23-20(21)29/h6-7,9,12,15,22H,4-5,8,10-11H2,1-3H3,(H,24,27)(H,25,26)(H3,21,23,29). The number of urea groups is 1. The van der Waals surface area contributed by atoms with E-state index < -0.39 is 24.6 Å². The van der Waals surface area contributed by atoms with Crippen LogP contribution in [-0.2, 0) is 25.7 Å². The molecule has 0 bridgehead atoms. The summed E-state index contributed by atoms with van der Waals surface area (Å²) < 4.78 is 10.5. The van der Waals surface area contributed by atoms with Crippen LogP contribution < -0.4 is 26.4 Å². The van der Waals surface area contributed by atoms with Gasteiger partial charge >= 0.3 is 18.0 Å². The highest BCUT2D eigenvalue weighted by molar-refractivity contribution is 5.96. The first-order valence-electron chi connectivity index (χ1n) is 9.79. The number of carbonyl (C=O) groups is 4. The van der Waals surface area contributed by atoms with Crippen LogP contribution in [0.25, 0.3) is 0 Å². The molecule has 11 heteroatoms. The molecule has 0 radical (unpaired) electrons. The summed E-state index contributed by atoms with van der Waals surface area (Å²) in [7, 11) is 1.62. The van der Waals surface area contributed by atoms with Crippen molar-refractivity contribution in [2.75, 3.05) is 25.5 Å². The summed E-state index contributed by atoms with van der Waals surface area (Å²) in [4.78, 5) is 45.9. The van der Waals surface area contributed by atoms with Gasteiger partial charge in [-0.25, -0.2) is 9.59 Å². The monoisotopic (exact) mass is 438 g/mol. The third kappa shape index (κ3) is 9.81. The van der Waals surface area contributed by atoms with E-state index in [0.717, 1.165) is 0 Å². The van der Waals surface area contributed by atoms with Crippen LogP contribution in [0.2, 0.25) is 0 Å². The SMILES string of the molecule is CNC(CCCNC(N)=O)C(=O)Nc1ccc(COC(=O)C(C)C)cc1OCC(=O)O. The maximum atomic E-state index is 12.6. The number of hydrogen-bond acceptors (Lipinski definition) is 7. The molecule has 31 heavy (non-hydrogen) atoms. The van der Waals surface area contributed by atoms with Gasteiger partial charge in [0.1, 0.15) is 12.4 Å². The summed E-state index contributed by atoms with van der Waals surface area (Å²) in [5.74, 6) is -2.05. The van der Waals surface area contributed by atoms with Crippen LogP contribution in [0, 0.1) is 5.92 Å². The number of carboxylic acid groups (broad SMARTS) is 1. The number of carboxylic acids is 1. The van der Waals surface area contributed by atoms with E-state index >= 15 is 0 Å². The van der Waals surface area contributed by atoms with Crippen molar-refractivity contribution < 1.29 is 33.8 Å². The number of amides is 3. The zero-order valence-electron chi connectivity index (χ0n) is 17.9. The van der Waals surface area contributed by atoms with Gasteiger partial charge in [-0.2, -0.15) is 0 Å². The van der Waals surface area contributed by atoms with Gasteiger partial charge in [0.05, 0.1) is 17.6 Å². The van der Waals surface area contributed by atoms with Crippen LogP contribution >= 0.6 is 0 Å². The van der Waals surface area contributed by atoms with Crippen molar-refractivity contribution in [3.05, 3.63) is 23.8 Å². The molecule has 0 saturated heterocycles. The average molecular weight is 438 g/mol. The second kappa shape index (κ2) is 13.1. The van der Waals surface area contributed by atoms with E-state index in [1.165, 1.54) is 6.07 Å². The Balaban J connectivity index is 2.86. The molecule has 0 aliphatic carbocycles. The van der Waals surface area contributed by atoms with Gasteiger partial charge in [-0.05, 0) is 37.6 Å². The summed E-state index contributed by atoms with van der Waals surface area (Å²) in [5, 5.41) is 17.0. The predicted octanol–water partition coefficient (Wildman–Crippen LogP) is 0.824. The van der Waals surface area contributed by atoms with Gasteiger partial charge in [-0.1, -0.05) is 19.9 Å². The van der Waals surface area contributed by atoms with Crippen molar-refractivity contribution in [3.8, 4) is 5.75 Å². The zero-order valence-corrected chi connectivity index (χ0v) is 17.9. The Labute approximate surface area is 180 Å². The van der Waals surface area contributed by atoms with Gasteiger partial charge in [0.2, 0.25) is 5.91 Å². The lowest BCUT2D eigenvalue weighted by molar-refractivity contribution is -0.148. The normalized spacial score (nSPS) is 11.5. The maximum absolute atomic E-state index is 12.6. The van der Waals surface area contributed by atoms with Gasteiger partial charge in [0.15, 0.2) is 6.61 Å². The van der Waals surface area contributed by atoms with Crippen molar-refractivity contribution >= 4 is 29.6 Å². The van der Waals surface area contributed by atoms with Crippen molar-refractivity contribution in [1.82, 2.24) is 10.6 Å². The minimum Gasteiger partial charge on any atom is -0.480 e. The molecule has 172 valence electrons. The van der Waals surface area contributed by atoms with E-state index in [-0.39, 0.29) is 35.8 Å². The van der Waals surface area contributed by atoms with E-state index in [4.69, 9.17) is 20.3 Å². The number of likely N-dealkylation sites (N-methyl/N-ethyl adjacent to an activating group) is 1. The number of hydrogen-bond donors (Lipinski definition) is 5. The lowest BCUT2D eigenvalue weighted by Crippen LogP contribution is -2.39. The number of benzene rings is 1. The summed E-state index contributed by atoms with van der Waals surface area (Å²) in [6, 6.07) is 3.51. The summed E-state index contributed by atoms with van der Waals surface area (Å²) in [6.07, 6.45) is 0.946. The van der Waals surface area contributed by atoms with E-state index in [0.29, 0.717) is 24.9 Å². The smallest absolute Gasteiger partial charge is 0.341 e. The van der Waals surface area contributed by atoms with Crippen LogP contribution in [0.5, 0.6) is 5.75 Å². The lowest BCUT2D eigenvalue weighted by Gasteiger charge is -2.18. The Bertz CT molecular complexity index is 783. The Hall–Kier alpha value is -3.34. The van der Waals surface area contributed by atoms with E-state index in [1.807, 2.05) is 0 Å². The van der Waals surface area contributed by atoms with Crippen LogP contribution in [0.3, 0.4) is 0 Å². The Morgan fingerprint density at radius 2 is 1.90 bits per heavy atom. The molecular weight excluding hydrogens is 408 g/mol. The number of ether oxygens (including phenoxy) is 2. The highest BCUT2D eigenvalue weighted by atomic mass is 16.5. The van der Waals surface area contributed by atoms with Crippen molar-refractivity contribution in [1.29, 1.82) is 0 Å². The minimum absolute atomic E-state index is 0.0132. The Morgan fingerprint density at radius 3 is 2.48 bits per heavy atom. The molecular formula is C20H30N4O7. The first-order chi connectivity index (χ1) is 14.6. The maximum Gasteiger partial charge on any atom is 0.341 e. The third-order valence-corrected chi connectivity index (χ3v) is 4.14. The average Bonchev–Trinajstić information content (AvgIpc) is 2.71. The first-order valence-corrected chi connectivity index (χ1v) is 9.79. The molecule has 0 spiro atoms. The molecule has 11 nitrogen and oxygen atoms in total. The van der Waals surface area contributed by atoms with Crippen molar-refractivity contribution in [3.63, 3.8) is 0 Å². The number of rotatable bonds is 13. The van der Waals surface area contributed by atoms with Crippen LogP contribution in [0.1, 0.15) is 32.3 Å². The molecule has 6 N–H and O–H groups in total. The van der Waals surface area contributed by atoms with Gasteiger partial charge in [-0.15, -0.1) is 0 Å². The quantitative estimate of drug-likeness (QED) is 0.223. The van der Waals surface area contributed by atoms with Gasteiger partial charge in [-0.3, -0.25) is 9.59 Å².